The second kappa shape index (κ2) is 3.05. The van der Waals surface area contributed by atoms with Gasteiger partial charge in [-0.1, -0.05) is 40.3 Å². The van der Waals surface area contributed by atoms with Gasteiger partial charge in [0.05, 0.1) is 8.07 Å². The van der Waals surface area contributed by atoms with Crippen LogP contribution < -0.4 is 5.73 Å². The van der Waals surface area contributed by atoms with Gasteiger partial charge in [0.15, 0.2) is 0 Å². The first kappa shape index (κ1) is 10.2. The van der Waals surface area contributed by atoms with E-state index in [-0.39, 0.29) is 0 Å². The Kier molecular flexibility index (Phi) is 3.11. The van der Waals surface area contributed by atoms with E-state index < -0.39 is 8.07 Å². The quantitative estimate of drug-likeness (QED) is 0.629. The van der Waals surface area contributed by atoms with Crippen LogP contribution in [0.1, 0.15) is 27.2 Å². The third kappa shape index (κ3) is 1.83. The van der Waals surface area contributed by atoms with Gasteiger partial charge < -0.3 is 5.73 Å². The molecule has 0 aliphatic heterocycles. The molecule has 1 nitrogen and oxygen atoms in total. The van der Waals surface area contributed by atoms with Crippen molar-refractivity contribution < 1.29 is 0 Å². The summed E-state index contributed by atoms with van der Waals surface area (Å²) in [6.07, 6.45) is 2.16. The Labute approximate surface area is 66.0 Å². The monoisotopic (exact) mass is 159 g/mol. The predicted molar refractivity (Wildman–Crippen MR) is 50.9 cm³/mol. The van der Waals surface area contributed by atoms with Crippen molar-refractivity contribution in [2.24, 2.45) is 5.73 Å². The highest BCUT2D eigenvalue weighted by Crippen LogP contribution is 2.39. The Bertz CT molecular complexity index is 93.8. The average Bonchev–Trinajstić information content (AvgIpc) is 1.88. The molecule has 2 N–H and O–H groups in total. The molecule has 0 heterocycles. The average molecular weight is 159 g/mol. The number of hydrogen-bond acceptors (Lipinski definition) is 1. The maximum atomic E-state index is 5.73. The highest BCUT2D eigenvalue weighted by atomic mass is 28.3. The maximum absolute atomic E-state index is 5.73. The lowest BCUT2D eigenvalue weighted by atomic mass is 10.1. The lowest BCUT2D eigenvalue weighted by molar-refractivity contribution is 0.616. The van der Waals surface area contributed by atoms with Crippen LogP contribution in [-0.4, -0.2) is 14.2 Å². The Morgan fingerprint density at radius 2 is 1.70 bits per heavy atom. The van der Waals surface area contributed by atoms with Crippen LogP contribution in [0, 0.1) is 0 Å². The summed E-state index contributed by atoms with van der Waals surface area (Å²) in [5.41, 5.74) is 5.73. The third-order valence-corrected chi connectivity index (χ3v) is 8.26. The van der Waals surface area contributed by atoms with Crippen molar-refractivity contribution in [3.8, 4) is 0 Å². The van der Waals surface area contributed by atoms with Gasteiger partial charge in [0.1, 0.15) is 0 Å². The lowest BCUT2D eigenvalue weighted by Gasteiger charge is -2.38. The molecule has 0 rings (SSSR count). The second-order valence-corrected chi connectivity index (χ2v) is 9.86. The molecule has 0 aliphatic rings. The smallest absolute Gasteiger partial charge is 0.0678 e. The molecule has 0 aromatic carbocycles. The standard InChI is InChI=1S/C8H21NSi/c1-6-8(2,3)10(4,5)7-9/h6-7,9H2,1-5H3. The number of nitrogens with two attached hydrogens (primary N) is 1. The minimum Gasteiger partial charge on any atom is -0.333 e. The zero-order valence-corrected chi connectivity index (χ0v) is 8.99. The van der Waals surface area contributed by atoms with Crippen molar-refractivity contribution in [2.45, 2.75) is 45.3 Å². The van der Waals surface area contributed by atoms with Gasteiger partial charge in [-0.15, -0.1) is 0 Å². The second-order valence-electron chi connectivity index (χ2n) is 4.33. The molecule has 0 fully saturated rings. The summed E-state index contributed by atoms with van der Waals surface area (Å²) in [6, 6.07) is 0. The molecule has 0 aromatic heterocycles. The van der Waals surface area contributed by atoms with Crippen LogP contribution in [0.2, 0.25) is 18.1 Å². The van der Waals surface area contributed by atoms with Crippen molar-refractivity contribution in [1.29, 1.82) is 0 Å². The van der Waals surface area contributed by atoms with Gasteiger partial charge >= 0.3 is 0 Å². The molecule has 0 spiro atoms. The van der Waals surface area contributed by atoms with Gasteiger partial charge in [0, 0.05) is 0 Å². The molecule has 0 atom stereocenters. The van der Waals surface area contributed by atoms with Crippen molar-refractivity contribution >= 4 is 8.07 Å². The van der Waals surface area contributed by atoms with Gasteiger partial charge in [0.25, 0.3) is 0 Å². The van der Waals surface area contributed by atoms with Crippen LogP contribution in [0.3, 0.4) is 0 Å². The largest absolute Gasteiger partial charge is 0.333 e. The molecular formula is C8H21NSi. The van der Waals surface area contributed by atoms with E-state index in [4.69, 9.17) is 5.73 Å². The fourth-order valence-corrected chi connectivity index (χ4v) is 2.26. The van der Waals surface area contributed by atoms with Crippen LogP contribution in [0.4, 0.5) is 0 Å². The summed E-state index contributed by atoms with van der Waals surface area (Å²) in [5, 5.41) is 0.502. The molecule has 0 aliphatic carbocycles. The fourth-order valence-electron chi connectivity index (χ4n) is 0.755. The summed E-state index contributed by atoms with van der Waals surface area (Å²) in [6.45, 7) is 11.7. The van der Waals surface area contributed by atoms with Crippen LogP contribution in [0.15, 0.2) is 0 Å². The van der Waals surface area contributed by atoms with Crippen molar-refractivity contribution in [1.82, 2.24) is 0 Å². The van der Waals surface area contributed by atoms with Gasteiger partial charge in [-0.2, -0.15) is 0 Å². The normalized spacial score (nSPS) is 13.8. The maximum Gasteiger partial charge on any atom is 0.0678 e. The first-order chi connectivity index (χ1) is 4.37. The minimum absolute atomic E-state index is 0.502. The van der Waals surface area contributed by atoms with E-state index in [0.29, 0.717) is 5.04 Å². The fraction of sp³-hybridized carbons (Fsp3) is 1.00. The Balaban J connectivity index is 4.28. The van der Waals surface area contributed by atoms with Gasteiger partial charge in [-0.25, -0.2) is 0 Å². The summed E-state index contributed by atoms with van der Waals surface area (Å²) >= 11 is 0. The first-order valence-electron chi connectivity index (χ1n) is 4.07. The lowest BCUT2D eigenvalue weighted by Crippen LogP contribution is -2.46. The topological polar surface area (TPSA) is 26.0 Å². The molecule has 62 valence electrons. The van der Waals surface area contributed by atoms with Gasteiger partial charge in [0.2, 0.25) is 0 Å². The summed E-state index contributed by atoms with van der Waals surface area (Å²) in [4.78, 5) is 0. The molecule has 0 saturated carbocycles. The summed E-state index contributed by atoms with van der Waals surface area (Å²) in [5.74, 6) is 0. The minimum atomic E-state index is -1.13. The van der Waals surface area contributed by atoms with Gasteiger partial charge in [-0.3, -0.25) is 0 Å². The van der Waals surface area contributed by atoms with Crippen LogP contribution in [0.25, 0.3) is 0 Å². The highest BCUT2D eigenvalue weighted by Gasteiger charge is 2.35. The SMILES string of the molecule is CCC(C)(C)[Si](C)(C)CN. The van der Waals surface area contributed by atoms with E-state index in [9.17, 15) is 0 Å². The van der Waals surface area contributed by atoms with Crippen LogP contribution in [0.5, 0.6) is 0 Å². The van der Waals surface area contributed by atoms with Gasteiger partial charge in [-0.05, 0) is 11.2 Å². The van der Waals surface area contributed by atoms with Crippen molar-refractivity contribution in [3.05, 3.63) is 0 Å². The molecule has 0 saturated heterocycles. The molecular weight excluding hydrogens is 138 g/mol. The van der Waals surface area contributed by atoms with E-state index >= 15 is 0 Å². The Morgan fingerprint density at radius 1 is 1.30 bits per heavy atom. The number of rotatable bonds is 3. The number of hydrogen-bond donors (Lipinski definition) is 1. The molecule has 2 heteroatoms. The summed E-state index contributed by atoms with van der Waals surface area (Å²) in [7, 11) is -1.13. The molecule has 0 unspecified atom stereocenters. The Morgan fingerprint density at radius 3 is 1.80 bits per heavy atom. The summed E-state index contributed by atoms with van der Waals surface area (Å²) < 4.78 is 0. The van der Waals surface area contributed by atoms with Crippen molar-refractivity contribution in [3.63, 3.8) is 0 Å². The first-order valence-corrected chi connectivity index (χ1v) is 7.28. The molecule has 0 radical (unpaired) electrons. The van der Waals surface area contributed by atoms with E-state index in [2.05, 4.69) is 33.9 Å². The van der Waals surface area contributed by atoms with E-state index in [0.717, 1.165) is 6.17 Å². The van der Waals surface area contributed by atoms with Crippen LogP contribution >= 0.6 is 0 Å². The van der Waals surface area contributed by atoms with Crippen molar-refractivity contribution in [2.75, 3.05) is 6.17 Å². The van der Waals surface area contributed by atoms with E-state index in [1.54, 1.807) is 0 Å². The predicted octanol–water partition coefficient (Wildman–Crippen LogP) is 2.38. The third-order valence-electron chi connectivity index (χ3n) is 3.23. The van der Waals surface area contributed by atoms with Crippen LogP contribution in [-0.2, 0) is 0 Å². The zero-order chi connectivity index (χ0) is 8.41. The molecule has 0 bridgehead atoms. The van der Waals surface area contributed by atoms with E-state index in [1.807, 2.05) is 0 Å². The highest BCUT2D eigenvalue weighted by molar-refractivity contribution is 6.80. The molecule has 0 amide bonds. The Hall–Kier alpha value is 0.177. The van der Waals surface area contributed by atoms with E-state index in [1.165, 1.54) is 6.42 Å². The zero-order valence-electron chi connectivity index (χ0n) is 7.99. The molecule has 0 aromatic rings. The molecule has 10 heavy (non-hydrogen) atoms.